The van der Waals surface area contributed by atoms with Crippen LogP contribution in [0, 0.1) is 0 Å². The summed E-state index contributed by atoms with van der Waals surface area (Å²) in [6, 6.07) is 79.7. The first-order chi connectivity index (χ1) is 53.5. The predicted octanol–water partition coefficient (Wildman–Crippen LogP) is 21.7. The molecule has 15 aromatic carbocycles. The zero-order valence-electron chi connectivity index (χ0n) is 65.1. The molecular weight excluding hydrogens is 1180 g/mol. The zero-order valence-corrected chi connectivity index (χ0v) is 51.9. The number of hydrogen-bond donors (Lipinski definition) is 0. The molecule has 0 radical (unpaired) electrons. The van der Waals surface area contributed by atoms with Gasteiger partial charge in [-0.1, -0.05) is 296 Å². The first kappa shape index (κ1) is 41.7. The van der Waals surface area contributed by atoms with Gasteiger partial charge in [-0.25, -0.2) is 0 Å². The SMILES string of the molecule is [2H]c1c([2H])c([2H])c2c(c1[2H])c1c([2H])c(-c3ccccc3)c([2H])c([2H])c1n2-c1ccc2c(c1)N(c1c(-c3ccccc3)cccc1-c1ccccc1)c1cc(-n3c4c([2H])c([2H])c([2H])c([2H])c4c4c([2H])c(-c5ccccc5)c([2H])c([2H])c43)cc3c1B2c1ccc2c(c1S3)-c1ccccc1C21c2ccccc2-c2ccccc21. The van der Waals surface area contributed by atoms with Crippen molar-refractivity contribution in [2.45, 2.75) is 15.2 Å². The molecule has 17 aromatic rings. The molecule has 4 aliphatic rings. The van der Waals surface area contributed by atoms with Crippen LogP contribution in [0.25, 0.3) is 122 Å². The Morgan fingerprint density at radius 2 is 0.792 bits per heavy atom. The molecule has 21 rings (SSSR count). The van der Waals surface area contributed by atoms with Gasteiger partial charge in [0.15, 0.2) is 0 Å². The number of benzene rings is 15. The van der Waals surface area contributed by atoms with Crippen LogP contribution in [0.3, 0.4) is 0 Å². The molecule has 444 valence electrons. The fourth-order valence-corrected chi connectivity index (χ4v) is 17.7. The van der Waals surface area contributed by atoms with Crippen LogP contribution in [0.2, 0.25) is 0 Å². The summed E-state index contributed by atoms with van der Waals surface area (Å²) in [6.07, 6.45) is 0. The largest absolute Gasteiger partial charge is 0.310 e. The third kappa shape index (κ3) is 7.46. The van der Waals surface area contributed by atoms with Crippen LogP contribution in [0.1, 0.15) is 41.4 Å². The van der Waals surface area contributed by atoms with E-state index in [0.717, 1.165) is 92.9 Å². The highest BCUT2D eigenvalue weighted by atomic mass is 32.2. The van der Waals surface area contributed by atoms with Crippen molar-refractivity contribution in [2.75, 3.05) is 4.90 Å². The van der Waals surface area contributed by atoms with Crippen LogP contribution in [0.4, 0.5) is 17.1 Å². The number of rotatable bonds is 7. The van der Waals surface area contributed by atoms with Crippen molar-refractivity contribution >= 4 is 95.5 Å². The molecule has 2 aliphatic carbocycles. The van der Waals surface area contributed by atoms with Crippen molar-refractivity contribution in [3.63, 3.8) is 0 Å². The van der Waals surface area contributed by atoms with Gasteiger partial charge in [-0.05, 0) is 144 Å². The summed E-state index contributed by atoms with van der Waals surface area (Å²) < 4.78 is 141. The Morgan fingerprint density at radius 3 is 1.36 bits per heavy atom. The molecule has 1 spiro atoms. The summed E-state index contributed by atoms with van der Waals surface area (Å²) in [5.41, 5.74) is 18.2. The zero-order chi connectivity index (χ0) is 74.9. The first-order valence-corrected chi connectivity index (χ1v) is 33.0. The van der Waals surface area contributed by atoms with Crippen LogP contribution in [-0.2, 0) is 5.41 Å². The lowest BCUT2D eigenvalue weighted by atomic mass is 9.34. The second-order valence-corrected chi connectivity index (χ2v) is 26.1. The standard InChI is InChI=1S/C91H56BN3S/c1-5-24-57(25-6-1)61-44-50-82-72(52-61)69-34-16-21-42-80(69)93(82)63-46-48-78-84(54-63)95(89-65(59-28-9-3-10-29-59)37-23-38-66(89)60-30-11-4-12-31-60)85-55-64(94-81-43-22-17-35-70(81)73-53-62(45-51-83(73)94)58-26-7-2-8-27-58)56-86-88(85)92(78)79-49-47-77-87(90(79)96-86)71-36-15-20-41-76(71)91(77)74-39-18-13-32-67(74)68-33-14-19-40-75(68)91/h1-56H/i16D,17D,21D,22D,34D,35D,42D,43D,44D,45D,50D,51D,52D,53D. The normalized spacial score (nSPS) is 15.5. The summed E-state index contributed by atoms with van der Waals surface area (Å²) >= 11 is 1.61. The fourth-order valence-electron chi connectivity index (χ4n) is 16.4. The topological polar surface area (TPSA) is 13.1 Å². The van der Waals surface area contributed by atoms with E-state index in [9.17, 15) is 19.2 Å². The smallest absolute Gasteiger partial charge is 0.249 e. The number of para-hydroxylation sites is 3. The van der Waals surface area contributed by atoms with Gasteiger partial charge >= 0.3 is 0 Å². The van der Waals surface area contributed by atoms with Crippen LogP contribution in [-0.4, -0.2) is 15.8 Å². The minimum Gasteiger partial charge on any atom is -0.310 e. The van der Waals surface area contributed by atoms with Gasteiger partial charge in [0, 0.05) is 70.8 Å². The molecule has 0 N–H and O–H groups in total. The predicted molar refractivity (Wildman–Crippen MR) is 403 cm³/mol. The van der Waals surface area contributed by atoms with Crippen LogP contribution in [0.15, 0.2) is 349 Å². The molecule has 3 nitrogen and oxygen atoms in total. The van der Waals surface area contributed by atoms with Gasteiger partial charge in [-0.2, -0.15) is 0 Å². The molecule has 2 aliphatic heterocycles. The van der Waals surface area contributed by atoms with E-state index >= 15 is 0 Å². The van der Waals surface area contributed by atoms with Crippen molar-refractivity contribution in [3.05, 3.63) is 362 Å². The number of hydrogen-bond acceptors (Lipinski definition) is 2. The lowest BCUT2D eigenvalue weighted by Crippen LogP contribution is -2.60. The van der Waals surface area contributed by atoms with Gasteiger partial charge in [0.2, 0.25) is 6.71 Å². The van der Waals surface area contributed by atoms with Gasteiger partial charge in [-0.15, -0.1) is 0 Å². The van der Waals surface area contributed by atoms with E-state index in [2.05, 4.69) is 132 Å². The quantitative estimate of drug-likeness (QED) is 0.148. The molecule has 5 heteroatoms. The van der Waals surface area contributed by atoms with Crippen molar-refractivity contribution in [2.24, 2.45) is 0 Å². The van der Waals surface area contributed by atoms with Gasteiger partial charge in [0.25, 0.3) is 0 Å². The molecule has 0 atom stereocenters. The van der Waals surface area contributed by atoms with Crippen LogP contribution < -0.4 is 21.3 Å². The number of aromatic nitrogens is 2. The van der Waals surface area contributed by atoms with E-state index in [4.69, 9.17) is 0 Å². The van der Waals surface area contributed by atoms with Crippen molar-refractivity contribution in [1.82, 2.24) is 9.13 Å². The monoisotopic (exact) mass is 1250 g/mol. The Labute approximate surface area is 580 Å². The average molecular weight is 1250 g/mol. The van der Waals surface area contributed by atoms with Gasteiger partial charge in [0.1, 0.15) is 0 Å². The highest BCUT2D eigenvalue weighted by Gasteiger charge is 2.54. The van der Waals surface area contributed by atoms with Crippen molar-refractivity contribution in [3.8, 4) is 78.1 Å². The van der Waals surface area contributed by atoms with Crippen LogP contribution >= 0.6 is 11.8 Å². The maximum atomic E-state index is 10.4. The molecular formula is C91H56BN3S. The average Bonchev–Trinajstić information content (AvgIpc) is 1.47. The Hall–Kier alpha value is -11.9. The molecule has 2 aromatic heterocycles. The minimum absolute atomic E-state index is 0.0113. The Kier molecular flexibility index (Phi) is 8.92. The van der Waals surface area contributed by atoms with Gasteiger partial charge in [0.05, 0.1) is 52.4 Å². The maximum absolute atomic E-state index is 10.4. The van der Waals surface area contributed by atoms with Crippen molar-refractivity contribution in [1.29, 1.82) is 0 Å². The fraction of sp³-hybridized carbons (Fsp3) is 0.0110. The maximum Gasteiger partial charge on any atom is 0.249 e. The Bertz CT molecular complexity index is 6910. The summed E-state index contributed by atoms with van der Waals surface area (Å²) in [5.74, 6) is 0. The first-order valence-electron chi connectivity index (χ1n) is 39.2. The molecule has 0 amide bonds. The molecule has 0 fully saturated rings. The van der Waals surface area contributed by atoms with E-state index in [0.29, 0.717) is 39.6 Å². The molecule has 0 bridgehead atoms. The van der Waals surface area contributed by atoms with E-state index in [1.807, 2.05) is 78.9 Å². The number of nitrogens with zero attached hydrogens (tertiary/aromatic N) is 3. The second-order valence-electron chi connectivity index (χ2n) is 25.0. The lowest BCUT2D eigenvalue weighted by molar-refractivity contribution is 0.793. The summed E-state index contributed by atoms with van der Waals surface area (Å²) in [7, 11) is 0. The van der Waals surface area contributed by atoms with E-state index in [-0.39, 0.29) is 91.0 Å². The van der Waals surface area contributed by atoms with Crippen LogP contribution in [0.5, 0.6) is 0 Å². The Morgan fingerprint density at radius 1 is 0.333 bits per heavy atom. The summed E-state index contributed by atoms with van der Waals surface area (Å²) in [6.45, 7) is -0.627. The minimum atomic E-state index is -0.752. The summed E-state index contributed by atoms with van der Waals surface area (Å²) in [5, 5.41) is 0.211. The third-order valence-corrected chi connectivity index (χ3v) is 21.5. The molecule has 0 saturated heterocycles. The molecule has 0 unspecified atom stereocenters. The second kappa shape index (κ2) is 20.6. The van der Waals surface area contributed by atoms with Gasteiger partial charge in [-0.3, -0.25) is 0 Å². The molecule has 96 heavy (non-hydrogen) atoms. The summed E-state index contributed by atoms with van der Waals surface area (Å²) in [4.78, 5) is 3.96. The Balaban J connectivity index is 0.949. The highest BCUT2D eigenvalue weighted by Crippen LogP contribution is 2.65. The van der Waals surface area contributed by atoms with E-state index in [1.165, 1.54) is 0 Å². The van der Waals surface area contributed by atoms with E-state index < -0.39 is 60.5 Å². The number of anilines is 3. The van der Waals surface area contributed by atoms with Gasteiger partial charge < -0.3 is 14.0 Å². The third-order valence-electron chi connectivity index (χ3n) is 20.3. The highest BCUT2D eigenvalue weighted by molar-refractivity contribution is 8.00. The van der Waals surface area contributed by atoms with Crippen molar-refractivity contribution < 1.29 is 19.2 Å². The number of fused-ring (bicyclic) bond motifs is 21. The van der Waals surface area contributed by atoms with E-state index in [1.54, 1.807) is 69.4 Å². The molecule has 0 saturated carbocycles. The molecule has 4 heterocycles. The lowest BCUT2D eigenvalue weighted by Gasteiger charge is -2.42.